The van der Waals surface area contributed by atoms with E-state index in [1.165, 1.54) is 17.7 Å². The molecule has 2 heterocycles. The molecule has 1 fully saturated rings. The first-order valence-electron chi connectivity index (χ1n) is 8.23. The second-order valence-corrected chi connectivity index (χ2v) is 8.15. The maximum absolute atomic E-state index is 10.1. The van der Waals surface area contributed by atoms with Gasteiger partial charge in [0.05, 0.1) is 17.2 Å². The molecule has 0 radical (unpaired) electrons. The first-order chi connectivity index (χ1) is 10.9. The highest BCUT2D eigenvalue weighted by molar-refractivity contribution is 7.11. The largest absolute Gasteiger partial charge is 0.384 e. The summed E-state index contributed by atoms with van der Waals surface area (Å²) in [5.74, 6) is 0. The molecular weight excluding hydrogens is 310 g/mol. The fraction of sp³-hybridized carbons (Fsp3) is 0.688. The van der Waals surface area contributed by atoms with Gasteiger partial charge in [-0.05, 0) is 33.6 Å². The highest BCUT2D eigenvalue weighted by Gasteiger charge is 2.29. The van der Waals surface area contributed by atoms with Gasteiger partial charge in [-0.2, -0.15) is 0 Å². The molecule has 23 heavy (non-hydrogen) atoms. The molecular formula is C16H25N5OS. The van der Waals surface area contributed by atoms with Gasteiger partial charge < -0.3 is 10.4 Å². The van der Waals surface area contributed by atoms with Crippen LogP contribution in [0.4, 0.5) is 0 Å². The van der Waals surface area contributed by atoms with Gasteiger partial charge in [-0.1, -0.05) is 18.1 Å². The van der Waals surface area contributed by atoms with E-state index in [1.54, 1.807) is 25.2 Å². The standard InChI is InChI=1S/C16H25N5OS/c1-11-17-8-12(23-11)9-18-13-6-4-5-7-14(13)21-10-15(19-20-21)16(2,3)22/h8,10,13-14,18,22H,4-7,9H2,1-3H3/t13-,14+/m0/s1. The third kappa shape index (κ3) is 3.97. The zero-order valence-electron chi connectivity index (χ0n) is 14.0. The Morgan fingerprint density at radius 3 is 2.83 bits per heavy atom. The Bertz CT molecular complexity index is 645. The highest BCUT2D eigenvalue weighted by Crippen LogP contribution is 2.29. The normalized spacial score (nSPS) is 22.4. The van der Waals surface area contributed by atoms with Gasteiger partial charge in [0, 0.05) is 23.7 Å². The van der Waals surface area contributed by atoms with Crippen LogP contribution >= 0.6 is 11.3 Å². The molecule has 0 aliphatic heterocycles. The first kappa shape index (κ1) is 16.5. The first-order valence-corrected chi connectivity index (χ1v) is 9.04. The summed E-state index contributed by atoms with van der Waals surface area (Å²) >= 11 is 1.74. The zero-order chi connectivity index (χ0) is 16.4. The quantitative estimate of drug-likeness (QED) is 0.878. The van der Waals surface area contributed by atoms with Crippen LogP contribution in [0, 0.1) is 6.92 Å². The molecule has 2 aromatic heterocycles. The number of aryl methyl sites for hydroxylation is 1. The fourth-order valence-corrected chi connectivity index (χ4v) is 3.85. The van der Waals surface area contributed by atoms with Crippen LogP contribution in [0.5, 0.6) is 0 Å². The van der Waals surface area contributed by atoms with Gasteiger partial charge in [-0.3, -0.25) is 0 Å². The topological polar surface area (TPSA) is 75.9 Å². The molecule has 0 saturated heterocycles. The van der Waals surface area contributed by atoms with Gasteiger partial charge in [0.1, 0.15) is 11.3 Å². The Kier molecular flexibility index (Phi) is 4.79. The Labute approximate surface area is 140 Å². The minimum Gasteiger partial charge on any atom is -0.384 e. The van der Waals surface area contributed by atoms with Crippen molar-refractivity contribution in [3.63, 3.8) is 0 Å². The third-order valence-corrected chi connectivity index (χ3v) is 5.33. The monoisotopic (exact) mass is 335 g/mol. The molecule has 0 amide bonds. The minimum atomic E-state index is -0.948. The van der Waals surface area contributed by atoms with E-state index in [4.69, 9.17) is 0 Å². The summed E-state index contributed by atoms with van der Waals surface area (Å²) in [4.78, 5) is 5.58. The lowest BCUT2D eigenvalue weighted by atomic mass is 9.90. The van der Waals surface area contributed by atoms with E-state index in [9.17, 15) is 5.11 Å². The molecule has 6 nitrogen and oxygen atoms in total. The van der Waals surface area contributed by atoms with Gasteiger partial charge in [0.25, 0.3) is 0 Å². The summed E-state index contributed by atoms with van der Waals surface area (Å²) in [6.07, 6.45) is 8.52. The van der Waals surface area contributed by atoms with Crippen molar-refractivity contribution in [1.82, 2.24) is 25.3 Å². The summed E-state index contributed by atoms with van der Waals surface area (Å²) < 4.78 is 1.93. The Balaban J connectivity index is 1.69. The number of nitrogens with zero attached hydrogens (tertiary/aromatic N) is 4. The molecule has 0 unspecified atom stereocenters. The van der Waals surface area contributed by atoms with Crippen molar-refractivity contribution in [2.75, 3.05) is 0 Å². The second-order valence-electron chi connectivity index (χ2n) is 6.83. The average Bonchev–Trinajstić information content (AvgIpc) is 3.14. The fourth-order valence-electron chi connectivity index (χ4n) is 3.10. The second kappa shape index (κ2) is 6.67. The molecule has 0 bridgehead atoms. The highest BCUT2D eigenvalue weighted by atomic mass is 32.1. The van der Waals surface area contributed by atoms with Crippen LogP contribution in [-0.2, 0) is 12.1 Å². The van der Waals surface area contributed by atoms with E-state index in [1.807, 2.05) is 24.0 Å². The molecule has 7 heteroatoms. The van der Waals surface area contributed by atoms with E-state index in [2.05, 4.69) is 20.6 Å². The van der Waals surface area contributed by atoms with Crippen LogP contribution in [0.15, 0.2) is 12.4 Å². The van der Waals surface area contributed by atoms with Crippen molar-refractivity contribution in [2.24, 2.45) is 0 Å². The molecule has 1 aliphatic rings. The van der Waals surface area contributed by atoms with Crippen LogP contribution in [0.1, 0.15) is 61.2 Å². The van der Waals surface area contributed by atoms with E-state index in [0.29, 0.717) is 17.8 Å². The smallest absolute Gasteiger partial charge is 0.114 e. The summed E-state index contributed by atoms with van der Waals surface area (Å²) in [6, 6.07) is 0.670. The lowest BCUT2D eigenvalue weighted by Gasteiger charge is -2.32. The van der Waals surface area contributed by atoms with Crippen molar-refractivity contribution in [1.29, 1.82) is 0 Å². The lowest BCUT2D eigenvalue weighted by Crippen LogP contribution is -2.39. The van der Waals surface area contributed by atoms with Crippen molar-refractivity contribution in [3.05, 3.63) is 28.0 Å². The van der Waals surface area contributed by atoms with Crippen molar-refractivity contribution < 1.29 is 5.11 Å². The van der Waals surface area contributed by atoms with Crippen molar-refractivity contribution in [2.45, 2.75) is 70.7 Å². The van der Waals surface area contributed by atoms with Crippen LogP contribution in [0.3, 0.4) is 0 Å². The number of hydrogen-bond donors (Lipinski definition) is 2. The predicted octanol–water partition coefficient (Wildman–Crippen LogP) is 2.54. The maximum atomic E-state index is 10.1. The van der Waals surface area contributed by atoms with Gasteiger partial charge in [0.2, 0.25) is 0 Å². The minimum absolute atomic E-state index is 0.293. The number of rotatable bonds is 5. The van der Waals surface area contributed by atoms with Gasteiger partial charge in [0.15, 0.2) is 0 Å². The van der Waals surface area contributed by atoms with Gasteiger partial charge in [-0.15, -0.1) is 16.4 Å². The zero-order valence-corrected chi connectivity index (χ0v) is 14.8. The predicted molar refractivity (Wildman–Crippen MR) is 90.3 cm³/mol. The summed E-state index contributed by atoms with van der Waals surface area (Å²) in [5.41, 5.74) is -0.323. The number of hydrogen-bond acceptors (Lipinski definition) is 6. The molecule has 2 aromatic rings. The van der Waals surface area contributed by atoms with Gasteiger partial charge in [-0.25, -0.2) is 9.67 Å². The maximum Gasteiger partial charge on any atom is 0.114 e. The molecule has 0 aromatic carbocycles. The Morgan fingerprint density at radius 2 is 2.17 bits per heavy atom. The number of aromatic nitrogens is 4. The van der Waals surface area contributed by atoms with Gasteiger partial charge >= 0.3 is 0 Å². The molecule has 1 aliphatic carbocycles. The Morgan fingerprint density at radius 1 is 1.39 bits per heavy atom. The van der Waals surface area contributed by atoms with Crippen molar-refractivity contribution in [3.8, 4) is 0 Å². The Hall–Kier alpha value is -1.31. The summed E-state index contributed by atoms with van der Waals surface area (Å²) in [6.45, 7) is 6.36. The van der Waals surface area contributed by atoms with Crippen LogP contribution in [0.2, 0.25) is 0 Å². The molecule has 3 rings (SSSR count). The number of thiazole rings is 1. The summed E-state index contributed by atoms with van der Waals surface area (Å²) in [5, 5.41) is 23.3. The lowest BCUT2D eigenvalue weighted by molar-refractivity contribution is 0.0736. The SMILES string of the molecule is Cc1ncc(CN[C@H]2CCCC[C@H]2n2cc(C(C)(C)O)nn2)s1. The number of nitrogens with one attached hydrogen (secondary N) is 1. The molecule has 1 saturated carbocycles. The third-order valence-electron chi connectivity index (χ3n) is 4.41. The van der Waals surface area contributed by atoms with Crippen molar-refractivity contribution >= 4 is 11.3 Å². The molecule has 0 spiro atoms. The van der Waals surface area contributed by atoms with E-state index in [0.717, 1.165) is 24.4 Å². The van der Waals surface area contributed by atoms with E-state index in [-0.39, 0.29) is 0 Å². The molecule has 2 N–H and O–H groups in total. The molecule has 126 valence electrons. The average molecular weight is 335 g/mol. The van der Waals surface area contributed by atoms with Crippen LogP contribution in [-0.4, -0.2) is 31.1 Å². The number of aliphatic hydroxyl groups is 1. The summed E-state index contributed by atoms with van der Waals surface area (Å²) in [7, 11) is 0. The van der Waals surface area contributed by atoms with E-state index >= 15 is 0 Å². The van der Waals surface area contributed by atoms with Crippen LogP contribution < -0.4 is 5.32 Å². The van der Waals surface area contributed by atoms with E-state index < -0.39 is 5.60 Å². The van der Waals surface area contributed by atoms with Crippen LogP contribution in [0.25, 0.3) is 0 Å². The molecule has 2 atom stereocenters.